The summed E-state index contributed by atoms with van der Waals surface area (Å²) in [6.07, 6.45) is 2.02. The standard InChI is InChI=1S/C14H11NOS/c1-17-14-4-2-11(3-5-14)12-6-10(9-15)7-13(16)8-12/h2-8,16H,1H3. The van der Waals surface area contributed by atoms with Crippen molar-refractivity contribution in [3.8, 4) is 22.9 Å². The molecule has 0 spiro atoms. The quantitative estimate of drug-likeness (QED) is 0.816. The third kappa shape index (κ3) is 2.61. The van der Waals surface area contributed by atoms with Gasteiger partial charge in [-0.3, -0.25) is 0 Å². The molecular weight excluding hydrogens is 230 g/mol. The monoisotopic (exact) mass is 241 g/mol. The van der Waals surface area contributed by atoms with Crippen molar-refractivity contribution in [2.45, 2.75) is 4.90 Å². The molecular formula is C14H11NOS. The van der Waals surface area contributed by atoms with Crippen LogP contribution in [-0.4, -0.2) is 11.4 Å². The van der Waals surface area contributed by atoms with Gasteiger partial charge in [-0.15, -0.1) is 11.8 Å². The molecule has 0 fully saturated rings. The second-order valence-corrected chi connectivity index (χ2v) is 4.49. The highest BCUT2D eigenvalue weighted by molar-refractivity contribution is 7.98. The Morgan fingerprint density at radius 3 is 2.35 bits per heavy atom. The van der Waals surface area contributed by atoms with Crippen LogP contribution in [0.15, 0.2) is 47.4 Å². The van der Waals surface area contributed by atoms with Gasteiger partial charge in [0.05, 0.1) is 11.6 Å². The number of rotatable bonds is 2. The molecule has 84 valence electrons. The molecule has 0 amide bonds. The van der Waals surface area contributed by atoms with Crippen LogP contribution in [0.5, 0.6) is 5.75 Å². The van der Waals surface area contributed by atoms with E-state index in [1.807, 2.05) is 36.6 Å². The summed E-state index contributed by atoms with van der Waals surface area (Å²) in [5.41, 5.74) is 2.32. The summed E-state index contributed by atoms with van der Waals surface area (Å²) in [5.74, 6) is 0.119. The van der Waals surface area contributed by atoms with E-state index in [0.29, 0.717) is 5.56 Å². The lowest BCUT2D eigenvalue weighted by atomic mass is 10.0. The molecule has 0 saturated carbocycles. The molecule has 2 aromatic carbocycles. The summed E-state index contributed by atoms with van der Waals surface area (Å²) in [6, 6.07) is 15.0. The number of aromatic hydroxyl groups is 1. The third-order valence-corrected chi connectivity index (χ3v) is 3.21. The molecule has 2 rings (SSSR count). The highest BCUT2D eigenvalue weighted by atomic mass is 32.2. The van der Waals surface area contributed by atoms with Crippen molar-refractivity contribution in [2.24, 2.45) is 0 Å². The predicted octanol–water partition coefficient (Wildman–Crippen LogP) is 3.65. The molecule has 0 radical (unpaired) electrons. The average molecular weight is 241 g/mol. The third-order valence-electron chi connectivity index (χ3n) is 2.47. The van der Waals surface area contributed by atoms with Gasteiger partial charge in [0.1, 0.15) is 5.75 Å². The molecule has 0 heterocycles. The van der Waals surface area contributed by atoms with Crippen molar-refractivity contribution in [2.75, 3.05) is 6.26 Å². The van der Waals surface area contributed by atoms with Gasteiger partial charge in [-0.05, 0) is 47.7 Å². The smallest absolute Gasteiger partial charge is 0.117 e. The molecule has 17 heavy (non-hydrogen) atoms. The topological polar surface area (TPSA) is 44.0 Å². The zero-order valence-electron chi connectivity index (χ0n) is 9.34. The highest BCUT2D eigenvalue weighted by Gasteiger charge is 2.02. The van der Waals surface area contributed by atoms with Gasteiger partial charge in [-0.25, -0.2) is 0 Å². The number of benzene rings is 2. The van der Waals surface area contributed by atoms with Gasteiger partial charge in [0, 0.05) is 4.90 Å². The Hall–Kier alpha value is -1.92. The van der Waals surface area contributed by atoms with E-state index >= 15 is 0 Å². The Morgan fingerprint density at radius 2 is 1.76 bits per heavy atom. The van der Waals surface area contributed by atoms with Crippen molar-refractivity contribution in [3.63, 3.8) is 0 Å². The molecule has 0 aromatic heterocycles. The van der Waals surface area contributed by atoms with Crippen LogP contribution in [0.1, 0.15) is 5.56 Å². The normalized spacial score (nSPS) is 9.88. The number of phenols is 1. The SMILES string of the molecule is CSc1ccc(-c2cc(O)cc(C#N)c2)cc1. The van der Waals surface area contributed by atoms with Crippen molar-refractivity contribution in [1.29, 1.82) is 5.26 Å². The lowest BCUT2D eigenvalue weighted by Crippen LogP contribution is -1.81. The summed E-state index contributed by atoms with van der Waals surface area (Å²) in [6.45, 7) is 0. The predicted molar refractivity (Wildman–Crippen MR) is 70.0 cm³/mol. The fourth-order valence-corrected chi connectivity index (χ4v) is 2.03. The molecule has 0 saturated heterocycles. The zero-order valence-corrected chi connectivity index (χ0v) is 10.2. The van der Waals surface area contributed by atoms with E-state index in [-0.39, 0.29) is 5.75 Å². The molecule has 0 aliphatic carbocycles. The van der Waals surface area contributed by atoms with Gasteiger partial charge < -0.3 is 5.11 Å². The molecule has 3 heteroatoms. The van der Waals surface area contributed by atoms with Crippen LogP contribution in [0, 0.1) is 11.3 Å². The van der Waals surface area contributed by atoms with Gasteiger partial charge in [0.15, 0.2) is 0 Å². The molecule has 0 aliphatic heterocycles. The zero-order chi connectivity index (χ0) is 12.3. The van der Waals surface area contributed by atoms with Gasteiger partial charge in [0.25, 0.3) is 0 Å². The van der Waals surface area contributed by atoms with E-state index in [0.717, 1.165) is 11.1 Å². The maximum absolute atomic E-state index is 9.53. The molecule has 2 nitrogen and oxygen atoms in total. The first kappa shape index (κ1) is 11.6. The summed E-state index contributed by atoms with van der Waals surface area (Å²) in [7, 11) is 0. The first-order chi connectivity index (χ1) is 8.22. The van der Waals surface area contributed by atoms with Crippen molar-refractivity contribution in [1.82, 2.24) is 0 Å². The molecule has 0 aliphatic rings. The van der Waals surface area contributed by atoms with E-state index < -0.39 is 0 Å². The van der Waals surface area contributed by atoms with Crippen LogP contribution in [0.4, 0.5) is 0 Å². The van der Waals surface area contributed by atoms with E-state index in [2.05, 4.69) is 0 Å². The van der Waals surface area contributed by atoms with Crippen molar-refractivity contribution in [3.05, 3.63) is 48.0 Å². The number of hydrogen-bond acceptors (Lipinski definition) is 3. The first-order valence-electron chi connectivity index (χ1n) is 5.11. The Balaban J connectivity index is 2.45. The highest BCUT2D eigenvalue weighted by Crippen LogP contribution is 2.27. The molecule has 0 unspecified atom stereocenters. The lowest BCUT2D eigenvalue weighted by Gasteiger charge is -2.04. The average Bonchev–Trinajstić information content (AvgIpc) is 2.38. The van der Waals surface area contributed by atoms with Gasteiger partial charge in [0.2, 0.25) is 0 Å². The fraction of sp³-hybridized carbons (Fsp3) is 0.0714. The second kappa shape index (κ2) is 4.94. The van der Waals surface area contributed by atoms with Gasteiger partial charge in [-0.2, -0.15) is 5.26 Å². The minimum absolute atomic E-state index is 0.119. The van der Waals surface area contributed by atoms with Crippen molar-refractivity contribution < 1.29 is 5.11 Å². The van der Waals surface area contributed by atoms with Crippen LogP contribution < -0.4 is 0 Å². The van der Waals surface area contributed by atoms with Crippen LogP contribution in [0.25, 0.3) is 11.1 Å². The van der Waals surface area contributed by atoms with Crippen LogP contribution in [0.3, 0.4) is 0 Å². The molecule has 2 aromatic rings. The molecule has 1 N–H and O–H groups in total. The first-order valence-corrected chi connectivity index (χ1v) is 6.34. The van der Waals surface area contributed by atoms with E-state index in [1.54, 1.807) is 23.9 Å². The summed E-state index contributed by atoms with van der Waals surface area (Å²) in [5, 5.41) is 18.4. The minimum Gasteiger partial charge on any atom is -0.508 e. The largest absolute Gasteiger partial charge is 0.508 e. The Kier molecular flexibility index (Phi) is 3.36. The second-order valence-electron chi connectivity index (χ2n) is 3.61. The van der Waals surface area contributed by atoms with E-state index in [9.17, 15) is 5.11 Å². The number of nitriles is 1. The van der Waals surface area contributed by atoms with Crippen LogP contribution in [0.2, 0.25) is 0 Å². The summed E-state index contributed by atoms with van der Waals surface area (Å²) < 4.78 is 0. The van der Waals surface area contributed by atoms with E-state index in [1.165, 1.54) is 11.0 Å². The lowest BCUT2D eigenvalue weighted by molar-refractivity contribution is 0.475. The Labute approximate surface area is 105 Å². The van der Waals surface area contributed by atoms with E-state index in [4.69, 9.17) is 5.26 Å². The maximum Gasteiger partial charge on any atom is 0.117 e. The fourth-order valence-electron chi connectivity index (χ4n) is 1.63. The Bertz CT molecular complexity index is 570. The maximum atomic E-state index is 9.53. The number of hydrogen-bond donors (Lipinski definition) is 1. The minimum atomic E-state index is 0.119. The van der Waals surface area contributed by atoms with Crippen LogP contribution in [-0.2, 0) is 0 Å². The number of nitrogens with zero attached hydrogens (tertiary/aromatic N) is 1. The summed E-state index contributed by atoms with van der Waals surface area (Å²) >= 11 is 1.68. The van der Waals surface area contributed by atoms with Gasteiger partial charge >= 0.3 is 0 Å². The van der Waals surface area contributed by atoms with Crippen molar-refractivity contribution >= 4 is 11.8 Å². The molecule has 0 bridgehead atoms. The van der Waals surface area contributed by atoms with Gasteiger partial charge in [-0.1, -0.05) is 12.1 Å². The number of thioether (sulfide) groups is 1. The number of phenolic OH excluding ortho intramolecular Hbond substituents is 1. The molecule has 0 atom stereocenters. The Morgan fingerprint density at radius 1 is 1.06 bits per heavy atom. The summed E-state index contributed by atoms with van der Waals surface area (Å²) in [4.78, 5) is 1.19. The van der Waals surface area contributed by atoms with Crippen LogP contribution >= 0.6 is 11.8 Å².